The molecule has 21 heavy (non-hydrogen) atoms. The molecule has 1 rings (SSSR count). The van der Waals surface area contributed by atoms with Crippen LogP contribution in [0.15, 0.2) is 4.99 Å². The number of carbonyl (C=O) groups excluding carboxylic acids is 1. The lowest BCUT2D eigenvalue weighted by molar-refractivity contribution is -0.144. The largest absolute Gasteiger partial charge is 0.469 e. The van der Waals surface area contributed by atoms with E-state index < -0.39 is 0 Å². The number of aliphatic imine (C=N–C) groups is 1. The Kier molecular flexibility index (Phi) is 10.8. The van der Waals surface area contributed by atoms with Crippen molar-refractivity contribution in [2.24, 2.45) is 16.8 Å². The van der Waals surface area contributed by atoms with Crippen LogP contribution in [0.5, 0.6) is 0 Å². The van der Waals surface area contributed by atoms with E-state index in [1.807, 2.05) is 18.9 Å². The van der Waals surface area contributed by atoms with Gasteiger partial charge in [-0.3, -0.25) is 9.79 Å². The first-order valence-electron chi connectivity index (χ1n) is 7.15. The summed E-state index contributed by atoms with van der Waals surface area (Å²) in [6.07, 6.45) is 2.62. The first-order valence-corrected chi connectivity index (χ1v) is 7.15. The number of hydrogen-bond acceptors (Lipinski definition) is 4. The molecule has 0 heterocycles. The molecule has 124 valence electrons. The summed E-state index contributed by atoms with van der Waals surface area (Å²) in [5, 5.41) is 3.17. The van der Waals surface area contributed by atoms with Crippen LogP contribution >= 0.6 is 24.0 Å². The molecule has 7 heteroatoms. The van der Waals surface area contributed by atoms with Crippen LogP contribution in [0.2, 0.25) is 0 Å². The normalized spacial score (nSPS) is 15.9. The van der Waals surface area contributed by atoms with Crippen molar-refractivity contribution in [3.05, 3.63) is 0 Å². The smallest absolute Gasteiger partial charge is 0.310 e. The van der Waals surface area contributed by atoms with Crippen LogP contribution in [0, 0.1) is 11.8 Å². The van der Waals surface area contributed by atoms with Crippen molar-refractivity contribution in [3.8, 4) is 0 Å². The Balaban J connectivity index is 0.00000400. The van der Waals surface area contributed by atoms with Crippen molar-refractivity contribution >= 4 is 35.9 Å². The third kappa shape index (κ3) is 8.45. The molecular weight excluding hydrogens is 385 g/mol. The maximum Gasteiger partial charge on any atom is 0.310 e. The third-order valence-corrected chi connectivity index (χ3v) is 3.36. The second-order valence-corrected chi connectivity index (χ2v) is 5.29. The number of carbonyl (C=O) groups is 1. The molecular formula is C14H28IN3O3. The van der Waals surface area contributed by atoms with Crippen LogP contribution < -0.4 is 5.32 Å². The first-order chi connectivity index (χ1) is 9.58. The van der Waals surface area contributed by atoms with E-state index in [-0.39, 0.29) is 35.9 Å². The Morgan fingerprint density at radius 1 is 1.48 bits per heavy atom. The molecule has 0 radical (unpaired) electrons. The number of ether oxygens (including phenoxy) is 2. The fourth-order valence-electron chi connectivity index (χ4n) is 1.76. The molecule has 1 aliphatic carbocycles. The molecule has 0 amide bonds. The SMILES string of the molecule is CN=C(NCC(C)C(=O)OC)N(C)CCOCC1CC1.I. The summed E-state index contributed by atoms with van der Waals surface area (Å²) in [5.41, 5.74) is 0. The van der Waals surface area contributed by atoms with Crippen molar-refractivity contribution in [2.75, 3.05) is 47.5 Å². The number of nitrogens with one attached hydrogen (secondary N) is 1. The van der Waals surface area contributed by atoms with Gasteiger partial charge in [0.2, 0.25) is 0 Å². The highest BCUT2D eigenvalue weighted by Crippen LogP contribution is 2.28. The molecule has 1 saturated carbocycles. The summed E-state index contributed by atoms with van der Waals surface area (Å²) < 4.78 is 10.3. The number of methoxy groups -OCH3 is 1. The van der Waals surface area contributed by atoms with E-state index in [2.05, 4.69) is 10.3 Å². The number of rotatable bonds is 8. The fraction of sp³-hybridized carbons (Fsp3) is 0.857. The number of guanidine groups is 1. The third-order valence-electron chi connectivity index (χ3n) is 3.36. The van der Waals surface area contributed by atoms with Gasteiger partial charge < -0.3 is 19.7 Å². The van der Waals surface area contributed by atoms with Crippen LogP contribution in [-0.2, 0) is 14.3 Å². The molecule has 0 spiro atoms. The minimum Gasteiger partial charge on any atom is -0.469 e. The molecule has 6 nitrogen and oxygen atoms in total. The van der Waals surface area contributed by atoms with E-state index in [4.69, 9.17) is 9.47 Å². The number of nitrogens with zero attached hydrogens (tertiary/aromatic N) is 2. The summed E-state index contributed by atoms with van der Waals surface area (Å²) >= 11 is 0. The molecule has 1 atom stereocenters. The molecule has 0 aromatic carbocycles. The number of hydrogen-bond donors (Lipinski definition) is 1. The van der Waals surface area contributed by atoms with Crippen LogP contribution in [0.4, 0.5) is 0 Å². The lowest BCUT2D eigenvalue weighted by Crippen LogP contribution is -2.43. The van der Waals surface area contributed by atoms with E-state index in [1.165, 1.54) is 20.0 Å². The zero-order valence-electron chi connectivity index (χ0n) is 13.4. The highest BCUT2D eigenvalue weighted by Gasteiger charge is 2.21. The van der Waals surface area contributed by atoms with Crippen LogP contribution in [0.3, 0.4) is 0 Å². The predicted octanol–water partition coefficient (Wildman–Crippen LogP) is 1.35. The summed E-state index contributed by atoms with van der Waals surface area (Å²) in [4.78, 5) is 17.5. The van der Waals surface area contributed by atoms with Crippen molar-refractivity contribution in [1.29, 1.82) is 0 Å². The highest BCUT2D eigenvalue weighted by atomic mass is 127. The van der Waals surface area contributed by atoms with Crippen LogP contribution in [0.25, 0.3) is 0 Å². The lowest BCUT2D eigenvalue weighted by atomic mass is 10.2. The van der Waals surface area contributed by atoms with Gasteiger partial charge in [0.15, 0.2) is 5.96 Å². The second-order valence-electron chi connectivity index (χ2n) is 5.29. The van der Waals surface area contributed by atoms with Gasteiger partial charge in [-0.2, -0.15) is 0 Å². The highest BCUT2D eigenvalue weighted by molar-refractivity contribution is 14.0. The van der Waals surface area contributed by atoms with Crippen molar-refractivity contribution in [2.45, 2.75) is 19.8 Å². The molecule has 1 unspecified atom stereocenters. The number of halogens is 1. The topological polar surface area (TPSA) is 63.2 Å². The van der Waals surface area contributed by atoms with Gasteiger partial charge in [-0.15, -0.1) is 24.0 Å². The molecule has 1 N–H and O–H groups in total. The van der Waals surface area contributed by atoms with Gasteiger partial charge in [0.05, 0.1) is 19.6 Å². The zero-order chi connectivity index (χ0) is 15.0. The molecule has 0 bridgehead atoms. The van der Waals surface area contributed by atoms with E-state index >= 15 is 0 Å². The van der Waals surface area contributed by atoms with Crippen molar-refractivity contribution in [1.82, 2.24) is 10.2 Å². The first kappa shape index (κ1) is 20.4. The molecule has 0 aliphatic heterocycles. The maximum absolute atomic E-state index is 11.3. The van der Waals surface area contributed by atoms with Crippen molar-refractivity contribution in [3.63, 3.8) is 0 Å². The predicted molar refractivity (Wildman–Crippen MR) is 94.1 cm³/mol. The van der Waals surface area contributed by atoms with Gasteiger partial charge in [0.1, 0.15) is 0 Å². The molecule has 1 fully saturated rings. The second kappa shape index (κ2) is 11.1. The minimum atomic E-state index is -0.219. The molecule has 1 aliphatic rings. The Morgan fingerprint density at radius 2 is 2.14 bits per heavy atom. The van der Waals surface area contributed by atoms with Crippen molar-refractivity contribution < 1.29 is 14.3 Å². The van der Waals surface area contributed by atoms with E-state index in [1.54, 1.807) is 7.05 Å². The molecule has 0 aromatic heterocycles. The van der Waals surface area contributed by atoms with E-state index in [9.17, 15) is 4.79 Å². The minimum absolute atomic E-state index is 0. The van der Waals surface area contributed by atoms with Crippen LogP contribution in [0.1, 0.15) is 19.8 Å². The van der Waals surface area contributed by atoms with Gasteiger partial charge >= 0.3 is 5.97 Å². The summed E-state index contributed by atoms with van der Waals surface area (Å²) in [7, 11) is 5.09. The Bertz CT molecular complexity index is 335. The Hall–Kier alpha value is -0.570. The quantitative estimate of drug-likeness (QED) is 0.214. The van der Waals surface area contributed by atoms with Gasteiger partial charge in [-0.05, 0) is 18.8 Å². The standard InChI is InChI=1S/C14H27N3O3.HI/c1-11(13(18)19-4)9-16-14(15-2)17(3)7-8-20-10-12-5-6-12;/h11-12H,5-10H2,1-4H3,(H,15,16);1H. The average Bonchev–Trinajstić information content (AvgIpc) is 3.27. The zero-order valence-corrected chi connectivity index (χ0v) is 15.8. The van der Waals surface area contributed by atoms with E-state index in [0.29, 0.717) is 13.2 Å². The van der Waals surface area contributed by atoms with Crippen LogP contribution in [-0.4, -0.2) is 64.3 Å². The fourth-order valence-corrected chi connectivity index (χ4v) is 1.76. The average molecular weight is 413 g/mol. The van der Waals surface area contributed by atoms with Gasteiger partial charge in [0, 0.05) is 33.8 Å². The summed E-state index contributed by atoms with van der Waals surface area (Å²) in [5.74, 6) is 1.13. The molecule has 0 aromatic rings. The summed E-state index contributed by atoms with van der Waals surface area (Å²) in [6.45, 7) is 4.68. The Labute approximate surface area is 144 Å². The van der Waals surface area contributed by atoms with Gasteiger partial charge in [0.25, 0.3) is 0 Å². The molecule has 0 saturated heterocycles. The van der Waals surface area contributed by atoms with E-state index in [0.717, 1.165) is 25.0 Å². The Morgan fingerprint density at radius 3 is 2.67 bits per heavy atom. The number of likely N-dealkylation sites (N-methyl/N-ethyl adjacent to an activating group) is 1. The van der Waals surface area contributed by atoms with Gasteiger partial charge in [-0.25, -0.2) is 0 Å². The monoisotopic (exact) mass is 413 g/mol. The number of esters is 1. The maximum atomic E-state index is 11.3. The van der Waals surface area contributed by atoms with Gasteiger partial charge in [-0.1, -0.05) is 6.92 Å². The lowest BCUT2D eigenvalue weighted by Gasteiger charge is -2.23. The summed E-state index contributed by atoms with van der Waals surface area (Å²) in [6, 6.07) is 0.